The molecule has 0 radical (unpaired) electrons. The van der Waals surface area contributed by atoms with Crippen LogP contribution in [0.25, 0.3) is 0 Å². The Bertz CT molecular complexity index is 800. The van der Waals surface area contributed by atoms with Crippen LogP contribution in [0.5, 0.6) is 5.88 Å². The fourth-order valence-corrected chi connectivity index (χ4v) is 3.81. The van der Waals surface area contributed by atoms with Crippen LogP contribution in [0.15, 0.2) is 42.3 Å². The number of fused-ring (bicyclic) bond motifs is 1. The summed E-state index contributed by atoms with van der Waals surface area (Å²) in [6, 6.07) is 5.93. The molecule has 3 aromatic heterocycles. The van der Waals surface area contributed by atoms with Gasteiger partial charge in [0.15, 0.2) is 0 Å². The summed E-state index contributed by atoms with van der Waals surface area (Å²) >= 11 is 1.72. The summed E-state index contributed by atoms with van der Waals surface area (Å²) in [6.07, 6.45) is 5.58. The number of pyridine rings is 1. The number of ether oxygens (including phenoxy) is 1. The van der Waals surface area contributed by atoms with E-state index in [1.807, 2.05) is 37.6 Å². The second kappa shape index (κ2) is 6.70. The van der Waals surface area contributed by atoms with Crippen LogP contribution in [0.4, 0.5) is 0 Å². The van der Waals surface area contributed by atoms with Crippen molar-refractivity contribution in [2.24, 2.45) is 0 Å². The summed E-state index contributed by atoms with van der Waals surface area (Å²) in [6.45, 7) is 5.28. The van der Waals surface area contributed by atoms with Gasteiger partial charge in [-0.15, -0.1) is 11.3 Å². The first kappa shape index (κ1) is 15.3. The zero-order valence-corrected chi connectivity index (χ0v) is 14.3. The average molecular weight is 341 g/mol. The van der Waals surface area contributed by atoms with E-state index in [2.05, 4.69) is 29.8 Å². The van der Waals surface area contributed by atoms with Crippen LogP contribution in [0.3, 0.4) is 0 Å². The van der Waals surface area contributed by atoms with Crippen molar-refractivity contribution in [3.63, 3.8) is 0 Å². The predicted octanol–water partition coefficient (Wildman–Crippen LogP) is 2.68. The summed E-state index contributed by atoms with van der Waals surface area (Å²) in [7, 11) is 0. The summed E-state index contributed by atoms with van der Waals surface area (Å²) in [5.74, 6) is 0.659. The molecule has 3 aromatic rings. The Morgan fingerprint density at radius 2 is 2.33 bits per heavy atom. The topological polar surface area (TPSA) is 56.1 Å². The van der Waals surface area contributed by atoms with Crippen LogP contribution in [0.1, 0.15) is 22.4 Å². The lowest BCUT2D eigenvalue weighted by Gasteiger charge is -2.33. The van der Waals surface area contributed by atoms with Crippen LogP contribution in [0, 0.1) is 6.92 Å². The largest absolute Gasteiger partial charge is 0.475 e. The molecule has 0 aromatic carbocycles. The number of aromatic nitrogens is 4. The van der Waals surface area contributed by atoms with Gasteiger partial charge in [-0.05, 0) is 13.0 Å². The highest BCUT2D eigenvalue weighted by Gasteiger charge is 2.26. The monoisotopic (exact) mass is 341 g/mol. The molecule has 24 heavy (non-hydrogen) atoms. The summed E-state index contributed by atoms with van der Waals surface area (Å²) in [5.41, 5.74) is 2.30. The van der Waals surface area contributed by atoms with Crippen LogP contribution < -0.4 is 4.74 Å². The molecule has 0 bridgehead atoms. The predicted molar refractivity (Wildman–Crippen MR) is 92.0 cm³/mol. The average Bonchev–Trinajstić information content (AvgIpc) is 3.22. The van der Waals surface area contributed by atoms with Gasteiger partial charge in [-0.25, -0.2) is 15.0 Å². The number of imidazole rings is 1. The van der Waals surface area contributed by atoms with Gasteiger partial charge in [0.2, 0.25) is 5.88 Å². The van der Waals surface area contributed by atoms with E-state index in [0.717, 1.165) is 30.3 Å². The van der Waals surface area contributed by atoms with Crippen molar-refractivity contribution in [2.75, 3.05) is 13.2 Å². The smallest absolute Gasteiger partial charge is 0.213 e. The van der Waals surface area contributed by atoms with E-state index < -0.39 is 0 Å². The van der Waals surface area contributed by atoms with Gasteiger partial charge in [-0.1, -0.05) is 6.07 Å². The second-order valence-electron chi connectivity index (χ2n) is 5.98. The molecule has 1 aliphatic heterocycles. The molecule has 0 N–H and O–H groups in total. The molecule has 0 saturated carbocycles. The Labute approximate surface area is 144 Å². The highest BCUT2D eigenvalue weighted by molar-refractivity contribution is 7.09. The van der Waals surface area contributed by atoms with Crippen LogP contribution in [-0.4, -0.2) is 37.6 Å². The second-order valence-corrected chi connectivity index (χ2v) is 6.92. The molecule has 4 rings (SSSR count). The van der Waals surface area contributed by atoms with Gasteiger partial charge in [0.1, 0.15) is 11.6 Å². The zero-order valence-electron chi connectivity index (χ0n) is 13.5. The Morgan fingerprint density at radius 3 is 3.12 bits per heavy atom. The van der Waals surface area contributed by atoms with E-state index in [1.165, 1.54) is 5.69 Å². The van der Waals surface area contributed by atoms with Crippen molar-refractivity contribution in [1.82, 2.24) is 24.4 Å². The third-order valence-electron chi connectivity index (χ3n) is 4.08. The molecule has 124 valence electrons. The summed E-state index contributed by atoms with van der Waals surface area (Å²) in [5, 5.41) is 3.26. The van der Waals surface area contributed by atoms with Gasteiger partial charge in [0.05, 0.1) is 24.6 Å². The van der Waals surface area contributed by atoms with E-state index in [4.69, 9.17) is 4.74 Å². The van der Waals surface area contributed by atoms with Crippen molar-refractivity contribution >= 4 is 11.3 Å². The fraction of sp³-hybridized carbons (Fsp3) is 0.353. The SMILES string of the molecule is Cc1csc(CN2Cc3cncn3C(COc3ccccn3)C2)n1. The molecule has 0 fully saturated rings. The van der Waals surface area contributed by atoms with Crippen molar-refractivity contribution in [2.45, 2.75) is 26.1 Å². The lowest BCUT2D eigenvalue weighted by atomic mass is 10.2. The maximum atomic E-state index is 5.87. The third-order valence-corrected chi connectivity index (χ3v) is 5.03. The molecular weight excluding hydrogens is 322 g/mol. The van der Waals surface area contributed by atoms with Gasteiger partial charge in [0, 0.05) is 42.6 Å². The highest BCUT2D eigenvalue weighted by atomic mass is 32.1. The molecule has 1 unspecified atom stereocenters. The normalized spacial score (nSPS) is 17.6. The standard InChI is InChI=1S/C17H19N5OS/c1-13-11-24-17(20-13)9-21-7-14-6-18-12-22(14)15(8-21)10-23-16-4-2-3-5-19-16/h2-6,11-12,15H,7-10H2,1H3. The number of nitrogens with zero attached hydrogens (tertiary/aromatic N) is 5. The minimum Gasteiger partial charge on any atom is -0.475 e. The molecule has 0 saturated heterocycles. The van der Waals surface area contributed by atoms with Gasteiger partial charge < -0.3 is 9.30 Å². The lowest BCUT2D eigenvalue weighted by Crippen LogP contribution is -2.38. The maximum absolute atomic E-state index is 5.87. The Morgan fingerprint density at radius 1 is 1.38 bits per heavy atom. The third kappa shape index (κ3) is 3.32. The van der Waals surface area contributed by atoms with Crippen molar-refractivity contribution in [3.05, 3.63) is 58.7 Å². The highest BCUT2D eigenvalue weighted by Crippen LogP contribution is 2.24. The maximum Gasteiger partial charge on any atom is 0.213 e. The van der Waals surface area contributed by atoms with Crippen molar-refractivity contribution in [3.8, 4) is 5.88 Å². The molecule has 0 amide bonds. The quantitative estimate of drug-likeness (QED) is 0.714. The van der Waals surface area contributed by atoms with Crippen molar-refractivity contribution in [1.29, 1.82) is 0 Å². The van der Waals surface area contributed by atoms with Gasteiger partial charge in [-0.3, -0.25) is 4.90 Å². The Kier molecular flexibility index (Phi) is 4.27. The first-order chi connectivity index (χ1) is 11.8. The van der Waals surface area contributed by atoms with Gasteiger partial charge in [-0.2, -0.15) is 0 Å². The Hall–Kier alpha value is -2.25. The van der Waals surface area contributed by atoms with Gasteiger partial charge in [0.25, 0.3) is 0 Å². The molecular formula is C17H19N5OS. The number of rotatable bonds is 5. The van der Waals surface area contributed by atoms with E-state index in [0.29, 0.717) is 12.5 Å². The van der Waals surface area contributed by atoms with E-state index in [1.54, 1.807) is 17.5 Å². The van der Waals surface area contributed by atoms with Crippen LogP contribution >= 0.6 is 11.3 Å². The van der Waals surface area contributed by atoms with E-state index in [9.17, 15) is 0 Å². The molecule has 0 spiro atoms. The molecule has 1 atom stereocenters. The minimum atomic E-state index is 0.222. The number of aryl methyl sites for hydroxylation is 1. The summed E-state index contributed by atoms with van der Waals surface area (Å²) in [4.78, 5) is 15.5. The molecule has 4 heterocycles. The molecule has 1 aliphatic rings. The molecule has 0 aliphatic carbocycles. The molecule has 6 nitrogen and oxygen atoms in total. The van der Waals surface area contributed by atoms with Crippen LogP contribution in [0.2, 0.25) is 0 Å². The number of thiazole rings is 1. The first-order valence-electron chi connectivity index (χ1n) is 7.96. The molecule has 7 heteroatoms. The van der Waals surface area contributed by atoms with E-state index in [-0.39, 0.29) is 6.04 Å². The lowest BCUT2D eigenvalue weighted by molar-refractivity contribution is 0.134. The van der Waals surface area contributed by atoms with Gasteiger partial charge >= 0.3 is 0 Å². The zero-order chi connectivity index (χ0) is 16.4. The number of hydrogen-bond donors (Lipinski definition) is 0. The first-order valence-corrected chi connectivity index (χ1v) is 8.84. The minimum absolute atomic E-state index is 0.222. The van der Waals surface area contributed by atoms with Crippen molar-refractivity contribution < 1.29 is 4.74 Å². The Balaban J connectivity index is 1.46. The fourth-order valence-electron chi connectivity index (χ4n) is 3.00. The van der Waals surface area contributed by atoms with Crippen LogP contribution in [-0.2, 0) is 13.1 Å². The number of hydrogen-bond acceptors (Lipinski definition) is 6. The summed E-state index contributed by atoms with van der Waals surface area (Å²) < 4.78 is 8.09. The van der Waals surface area contributed by atoms with E-state index >= 15 is 0 Å².